The van der Waals surface area contributed by atoms with Gasteiger partial charge in [-0.15, -0.1) is 0 Å². The van der Waals surface area contributed by atoms with Crippen molar-refractivity contribution in [1.82, 2.24) is 0 Å². The lowest BCUT2D eigenvalue weighted by atomic mass is 10.2. The lowest BCUT2D eigenvalue weighted by molar-refractivity contribution is -0.135. The van der Waals surface area contributed by atoms with Crippen LogP contribution in [-0.2, 0) is 4.79 Å². The highest BCUT2D eigenvalue weighted by molar-refractivity contribution is 6.31. The third-order valence-electron chi connectivity index (χ3n) is 1.42. The summed E-state index contributed by atoms with van der Waals surface area (Å²) in [6.45, 7) is 0. The van der Waals surface area contributed by atoms with Crippen molar-refractivity contribution in [3.05, 3.63) is 34.6 Å². The Labute approximate surface area is 85.3 Å². The predicted molar refractivity (Wildman–Crippen MR) is 50.5 cm³/mol. The van der Waals surface area contributed by atoms with Gasteiger partial charge < -0.3 is 5.11 Å². The Balaban J connectivity index is 2.94. The topological polar surface area (TPSA) is 37.3 Å². The molecule has 1 aromatic carbocycles. The van der Waals surface area contributed by atoms with Gasteiger partial charge in [-0.3, -0.25) is 4.79 Å². The van der Waals surface area contributed by atoms with Crippen LogP contribution in [0.5, 0.6) is 0 Å². The molecule has 0 atom stereocenters. The van der Waals surface area contributed by atoms with E-state index < -0.39 is 11.8 Å². The molecular formula is C10H6ClFO2. The molecular weight excluding hydrogens is 207 g/mol. The number of rotatable bonds is 1. The number of carbonyl (C=O) groups is 1. The SMILES string of the molecule is O=C(O)CC#Cc1c(F)cccc1Cl. The molecule has 14 heavy (non-hydrogen) atoms. The summed E-state index contributed by atoms with van der Waals surface area (Å²) in [5, 5.41) is 8.48. The molecule has 0 bridgehead atoms. The summed E-state index contributed by atoms with van der Waals surface area (Å²) in [5.74, 6) is 3.09. The van der Waals surface area contributed by atoms with Crippen LogP contribution < -0.4 is 0 Å². The van der Waals surface area contributed by atoms with Gasteiger partial charge in [-0.25, -0.2) is 4.39 Å². The molecule has 0 radical (unpaired) electrons. The molecule has 0 saturated carbocycles. The van der Waals surface area contributed by atoms with Gasteiger partial charge in [-0.1, -0.05) is 29.5 Å². The van der Waals surface area contributed by atoms with Crippen LogP contribution in [0, 0.1) is 17.7 Å². The molecule has 0 aliphatic rings. The van der Waals surface area contributed by atoms with Crippen molar-refractivity contribution < 1.29 is 14.3 Å². The second-order valence-electron chi connectivity index (χ2n) is 2.47. The summed E-state index contributed by atoms with van der Waals surface area (Å²) in [6.07, 6.45) is -0.329. The Morgan fingerprint density at radius 3 is 2.86 bits per heavy atom. The van der Waals surface area contributed by atoms with Crippen molar-refractivity contribution >= 4 is 17.6 Å². The van der Waals surface area contributed by atoms with Gasteiger partial charge in [-0.05, 0) is 12.1 Å². The summed E-state index contributed by atoms with van der Waals surface area (Å²) in [7, 11) is 0. The molecule has 0 saturated heterocycles. The van der Waals surface area contributed by atoms with Crippen molar-refractivity contribution in [2.24, 2.45) is 0 Å². The summed E-state index contributed by atoms with van der Waals surface area (Å²) >= 11 is 5.65. The van der Waals surface area contributed by atoms with Gasteiger partial charge in [0.2, 0.25) is 0 Å². The summed E-state index contributed by atoms with van der Waals surface area (Å²) in [4.78, 5) is 10.1. The van der Waals surface area contributed by atoms with Crippen LogP contribution in [-0.4, -0.2) is 11.1 Å². The zero-order valence-corrected chi connectivity index (χ0v) is 7.81. The van der Waals surface area contributed by atoms with Crippen LogP contribution in [0.3, 0.4) is 0 Å². The van der Waals surface area contributed by atoms with Crippen molar-refractivity contribution in [1.29, 1.82) is 0 Å². The van der Waals surface area contributed by atoms with Gasteiger partial charge >= 0.3 is 5.97 Å². The third kappa shape index (κ3) is 2.75. The number of benzene rings is 1. The zero-order chi connectivity index (χ0) is 10.6. The molecule has 0 spiro atoms. The Bertz CT molecular complexity index is 398. The number of hydrogen-bond acceptors (Lipinski definition) is 1. The first kappa shape index (κ1) is 10.6. The number of carboxylic acid groups (broad SMARTS) is 1. The minimum atomic E-state index is -1.05. The predicted octanol–water partition coefficient (Wildman–Crippen LogP) is 2.31. The Kier molecular flexibility index (Phi) is 3.49. The smallest absolute Gasteiger partial charge is 0.315 e. The van der Waals surface area contributed by atoms with Crippen molar-refractivity contribution in [3.8, 4) is 11.8 Å². The molecule has 0 heterocycles. The van der Waals surface area contributed by atoms with E-state index in [-0.39, 0.29) is 17.0 Å². The fourth-order valence-electron chi connectivity index (χ4n) is 0.825. The minimum absolute atomic E-state index is 0.0374. The maximum atomic E-state index is 13.0. The molecule has 0 aromatic heterocycles. The van der Waals surface area contributed by atoms with E-state index in [0.29, 0.717) is 0 Å². The first-order valence-corrected chi connectivity index (χ1v) is 4.13. The maximum absolute atomic E-state index is 13.0. The van der Waals surface area contributed by atoms with Gasteiger partial charge in [0, 0.05) is 0 Å². The largest absolute Gasteiger partial charge is 0.481 e. The Hall–Kier alpha value is -1.53. The second-order valence-corrected chi connectivity index (χ2v) is 2.88. The molecule has 4 heteroatoms. The van der Waals surface area contributed by atoms with E-state index in [2.05, 4.69) is 11.8 Å². The van der Waals surface area contributed by atoms with Gasteiger partial charge in [-0.2, -0.15) is 0 Å². The highest BCUT2D eigenvalue weighted by Crippen LogP contribution is 2.17. The molecule has 0 aliphatic heterocycles. The van der Waals surface area contributed by atoms with Gasteiger partial charge in [0.1, 0.15) is 12.2 Å². The van der Waals surface area contributed by atoms with Crippen molar-refractivity contribution in [2.75, 3.05) is 0 Å². The van der Waals surface area contributed by atoms with Crippen LogP contribution in [0.2, 0.25) is 5.02 Å². The monoisotopic (exact) mass is 212 g/mol. The van der Waals surface area contributed by atoms with Crippen LogP contribution in [0.4, 0.5) is 4.39 Å². The normalized spacial score (nSPS) is 9.00. The summed E-state index contributed by atoms with van der Waals surface area (Å²) in [6, 6.07) is 4.17. The molecule has 0 aliphatic carbocycles. The highest BCUT2D eigenvalue weighted by Gasteiger charge is 2.02. The second kappa shape index (κ2) is 4.64. The molecule has 0 unspecified atom stereocenters. The number of halogens is 2. The quantitative estimate of drug-likeness (QED) is 0.726. The van der Waals surface area contributed by atoms with Crippen molar-refractivity contribution in [3.63, 3.8) is 0 Å². The van der Waals surface area contributed by atoms with Gasteiger partial charge in [0.25, 0.3) is 0 Å². The zero-order valence-electron chi connectivity index (χ0n) is 7.05. The van der Waals surface area contributed by atoms with E-state index in [4.69, 9.17) is 16.7 Å². The number of carboxylic acids is 1. The van der Waals surface area contributed by atoms with E-state index in [1.807, 2.05) is 0 Å². The Morgan fingerprint density at radius 1 is 1.57 bits per heavy atom. The van der Waals surface area contributed by atoms with Crippen LogP contribution in [0.25, 0.3) is 0 Å². The van der Waals surface area contributed by atoms with Crippen LogP contribution >= 0.6 is 11.6 Å². The molecule has 0 fully saturated rings. The third-order valence-corrected chi connectivity index (χ3v) is 1.73. The fraction of sp³-hybridized carbons (Fsp3) is 0.100. The average molecular weight is 213 g/mol. The lowest BCUT2D eigenvalue weighted by Gasteiger charge is -1.95. The van der Waals surface area contributed by atoms with Crippen LogP contribution in [0.15, 0.2) is 18.2 Å². The molecule has 0 amide bonds. The van der Waals surface area contributed by atoms with E-state index >= 15 is 0 Å². The van der Waals surface area contributed by atoms with E-state index in [0.717, 1.165) is 0 Å². The fourth-order valence-corrected chi connectivity index (χ4v) is 1.04. The first-order chi connectivity index (χ1) is 6.61. The van der Waals surface area contributed by atoms with E-state index in [1.54, 1.807) is 0 Å². The molecule has 2 nitrogen and oxygen atoms in total. The average Bonchev–Trinajstić information content (AvgIpc) is 2.09. The lowest BCUT2D eigenvalue weighted by Crippen LogP contribution is -1.91. The maximum Gasteiger partial charge on any atom is 0.315 e. The standard InChI is InChI=1S/C10H6ClFO2/c11-8-4-2-5-9(12)7(8)3-1-6-10(13)14/h2,4-5H,6H2,(H,13,14). The number of hydrogen-bond donors (Lipinski definition) is 1. The van der Waals surface area contributed by atoms with Crippen LogP contribution in [0.1, 0.15) is 12.0 Å². The summed E-state index contributed by atoms with van der Waals surface area (Å²) in [5.41, 5.74) is 0.0374. The highest BCUT2D eigenvalue weighted by atomic mass is 35.5. The van der Waals surface area contributed by atoms with Gasteiger partial charge in [0.15, 0.2) is 0 Å². The van der Waals surface area contributed by atoms with E-state index in [9.17, 15) is 9.18 Å². The molecule has 72 valence electrons. The number of aliphatic carboxylic acids is 1. The first-order valence-electron chi connectivity index (χ1n) is 3.76. The van der Waals surface area contributed by atoms with E-state index in [1.165, 1.54) is 18.2 Å². The minimum Gasteiger partial charge on any atom is -0.481 e. The Morgan fingerprint density at radius 2 is 2.29 bits per heavy atom. The molecule has 1 rings (SSSR count). The molecule has 1 N–H and O–H groups in total. The summed E-state index contributed by atoms with van der Waals surface area (Å²) < 4.78 is 13.0. The van der Waals surface area contributed by atoms with Crippen molar-refractivity contribution in [2.45, 2.75) is 6.42 Å². The molecule has 1 aromatic rings. The van der Waals surface area contributed by atoms with Gasteiger partial charge in [0.05, 0.1) is 10.6 Å².